The molecule has 2 aliphatic heterocycles. The second-order valence-corrected chi connectivity index (χ2v) is 7.70. The van der Waals surface area contributed by atoms with Gasteiger partial charge in [-0.05, 0) is 25.7 Å². The Bertz CT molecular complexity index is 692. The average Bonchev–Trinajstić information content (AvgIpc) is 3.42. The second kappa shape index (κ2) is 7.59. The summed E-state index contributed by atoms with van der Waals surface area (Å²) in [7, 11) is 1.61. The lowest BCUT2D eigenvalue weighted by molar-refractivity contribution is -0.147. The fourth-order valence-corrected chi connectivity index (χ4v) is 4.38. The van der Waals surface area contributed by atoms with Crippen molar-refractivity contribution in [3.05, 3.63) is 17.7 Å². The van der Waals surface area contributed by atoms with Gasteiger partial charge in [0, 0.05) is 44.8 Å². The summed E-state index contributed by atoms with van der Waals surface area (Å²) in [5.41, 5.74) is 1.77. The van der Waals surface area contributed by atoms with Gasteiger partial charge in [0.05, 0.1) is 30.8 Å². The SMILES string of the molecule is COCCOCC(=O)N1CCC2(CC1)c1nc[nH]c1CCN2C(=O)C1CC1. The first kappa shape index (κ1) is 18.4. The summed E-state index contributed by atoms with van der Waals surface area (Å²) in [6, 6.07) is 0. The Labute approximate surface area is 159 Å². The standard InChI is InChI=1S/C19H28N4O4/c1-26-10-11-27-12-16(24)22-8-5-19(6-9-22)17-15(20-13-21-17)4-7-23(19)18(25)14-2-3-14/h13-14H,2-12H2,1H3,(H,20,21). The van der Waals surface area contributed by atoms with E-state index in [9.17, 15) is 9.59 Å². The van der Waals surface area contributed by atoms with Crippen molar-refractivity contribution < 1.29 is 19.1 Å². The van der Waals surface area contributed by atoms with Crippen LogP contribution >= 0.6 is 0 Å². The molecule has 1 saturated carbocycles. The van der Waals surface area contributed by atoms with Crippen molar-refractivity contribution in [3.8, 4) is 0 Å². The van der Waals surface area contributed by atoms with E-state index in [2.05, 4.69) is 14.9 Å². The van der Waals surface area contributed by atoms with Crippen LogP contribution < -0.4 is 0 Å². The van der Waals surface area contributed by atoms with E-state index in [1.165, 1.54) is 0 Å². The number of imidazole rings is 1. The number of carbonyl (C=O) groups is 2. The summed E-state index contributed by atoms with van der Waals surface area (Å²) in [4.78, 5) is 37.1. The molecule has 0 radical (unpaired) electrons. The summed E-state index contributed by atoms with van der Waals surface area (Å²) < 4.78 is 10.3. The van der Waals surface area contributed by atoms with Crippen LogP contribution in [-0.2, 0) is 31.0 Å². The maximum Gasteiger partial charge on any atom is 0.248 e. The molecule has 1 spiro atoms. The minimum absolute atomic E-state index is 0.000849. The first-order valence-corrected chi connectivity index (χ1v) is 9.84. The molecule has 8 nitrogen and oxygen atoms in total. The number of piperidine rings is 1. The van der Waals surface area contributed by atoms with E-state index in [0.717, 1.165) is 50.0 Å². The smallest absolute Gasteiger partial charge is 0.248 e. The maximum atomic E-state index is 13.0. The van der Waals surface area contributed by atoms with Gasteiger partial charge in [-0.3, -0.25) is 9.59 Å². The van der Waals surface area contributed by atoms with Crippen molar-refractivity contribution in [1.82, 2.24) is 19.8 Å². The zero-order chi connectivity index (χ0) is 18.9. The highest BCUT2D eigenvalue weighted by Gasteiger charge is 2.51. The summed E-state index contributed by atoms with van der Waals surface area (Å²) in [6.07, 6.45) is 6.02. The number of ether oxygens (including phenoxy) is 2. The van der Waals surface area contributed by atoms with Crippen molar-refractivity contribution in [2.24, 2.45) is 5.92 Å². The minimum atomic E-state index is -0.374. The molecule has 1 aromatic rings. The topological polar surface area (TPSA) is 87.8 Å². The highest BCUT2D eigenvalue weighted by molar-refractivity contribution is 5.82. The molecule has 27 heavy (non-hydrogen) atoms. The number of hydrogen-bond donors (Lipinski definition) is 1. The lowest BCUT2D eigenvalue weighted by Crippen LogP contribution is -2.59. The van der Waals surface area contributed by atoms with Gasteiger partial charge in [-0.2, -0.15) is 0 Å². The first-order chi connectivity index (χ1) is 13.2. The number of nitrogens with one attached hydrogen (secondary N) is 1. The van der Waals surface area contributed by atoms with E-state index in [-0.39, 0.29) is 29.9 Å². The van der Waals surface area contributed by atoms with Gasteiger partial charge < -0.3 is 24.3 Å². The monoisotopic (exact) mass is 376 g/mol. The average molecular weight is 376 g/mol. The number of amides is 2. The van der Waals surface area contributed by atoms with Gasteiger partial charge in [0.1, 0.15) is 6.61 Å². The van der Waals surface area contributed by atoms with Crippen LogP contribution in [0.4, 0.5) is 0 Å². The third kappa shape index (κ3) is 3.48. The van der Waals surface area contributed by atoms with Gasteiger partial charge >= 0.3 is 0 Å². The number of nitrogens with zero attached hydrogens (tertiary/aromatic N) is 3. The van der Waals surface area contributed by atoms with Crippen molar-refractivity contribution >= 4 is 11.8 Å². The number of aromatic amines is 1. The Balaban J connectivity index is 1.45. The maximum absolute atomic E-state index is 13.0. The number of hydrogen-bond acceptors (Lipinski definition) is 5. The molecule has 3 aliphatic rings. The van der Waals surface area contributed by atoms with Gasteiger partial charge in [-0.1, -0.05) is 0 Å². The van der Waals surface area contributed by atoms with E-state index < -0.39 is 0 Å². The Hall–Kier alpha value is -1.93. The van der Waals surface area contributed by atoms with Crippen molar-refractivity contribution in [1.29, 1.82) is 0 Å². The molecule has 1 aliphatic carbocycles. The van der Waals surface area contributed by atoms with Crippen molar-refractivity contribution in [3.63, 3.8) is 0 Å². The Morgan fingerprint density at radius 1 is 1.26 bits per heavy atom. The number of aromatic nitrogens is 2. The molecule has 2 fully saturated rings. The van der Waals surface area contributed by atoms with Crippen LogP contribution in [0.25, 0.3) is 0 Å². The van der Waals surface area contributed by atoms with Crippen LogP contribution in [0.3, 0.4) is 0 Å². The molecule has 8 heteroatoms. The van der Waals surface area contributed by atoms with Gasteiger partial charge in [-0.15, -0.1) is 0 Å². The van der Waals surface area contributed by atoms with E-state index in [1.54, 1.807) is 13.4 Å². The van der Waals surface area contributed by atoms with Crippen molar-refractivity contribution in [2.45, 2.75) is 37.6 Å². The zero-order valence-corrected chi connectivity index (χ0v) is 15.9. The summed E-state index contributed by atoms with van der Waals surface area (Å²) in [5.74, 6) is 0.460. The number of carbonyl (C=O) groups excluding carboxylic acids is 2. The molecule has 0 bridgehead atoms. The summed E-state index contributed by atoms with van der Waals surface area (Å²) in [5, 5.41) is 0. The molecule has 0 unspecified atom stereocenters. The van der Waals surface area contributed by atoms with Crippen LogP contribution in [0.15, 0.2) is 6.33 Å². The molecule has 2 amide bonds. The largest absolute Gasteiger partial charge is 0.382 e. The molecule has 0 aromatic carbocycles. The minimum Gasteiger partial charge on any atom is -0.382 e. The first-order valence-electron chi connectivity index (χ1n) is 9.84. The molecule has 148 valence electrons. The number of fused-ring (bicyclic) bond motifs is 2. The fraction of sp³-hybridized carbons (Fsp3) is 0.737. The molecule has 3 heterocycles. The second-order valence-electron chi connectivity index (χ2n) is 7.70. The predicted molar refractivity (Wildman–Crippen MR) is 96.9 cm³/mol. The summed E-state index contributed by atoms with van der Waals surface area (Å²) >= 11 is 0. The summed E-state index contributed by atoms with van der Waals surface area (Å²) in [6.45, 7) is 2.95. The van der Waals surface area contributed by atoms with E-state index in [1.807, 2.05) is 4.90 Å². The number of likely N-dealkylation sites (tertiary alicyclic amines) is 1. The van der Waals surface area contributed by atoms with E-state index in [0.29, 0.717) is 26.3 Å². The number of rotatable bonds is 6. The molecule has 1 N–H and O–H groups in total. The van der Waals surface area contributed by atoms with Crippen LogP contribution in [0.5, 0.6) is 0 Å². The number of methoxy groups -OCH3 is 1. The molecular formula is C19H28N4O4. The van der Waals surface area contributed by atoms with Gasteiger partial charge in [0.2, 0.25) is 11.8 Å². The number of H-pyrrole nitrogens is 1. The Morgan fingerprint density at radius 2 is 2.04 bits per heavy atom. The van der Waals surface area contributed by atoms with E-state index >= 15 is 0 Å². The quantitative estimate of drug-likeness (QED) is 0.738. The zero-order valence-electron chi connectivity index (χ0n) is 15.9. The fourth-order valence-electron chi connectivity index (χ4n) is 4.38. The van der Waals surface area contributed by atoms with Gasteiger partial charge in [0.15, 0.2) is 0 Å². The predicted octanol–water partition coefficient (Wildman–Crippen LogP) is 0.685. The molecular weight excluding hydrogens is 348 g/mol. The van der Waals surface area contributed by atoms with Crippen LogP contribution in [-0.4, -0.2) is 78.1 Å². The normalized spacial score (nSPS) is 21.4. The van der Waals surface area contributed by atoms with Gasteiger partial charge in [-0.25, -0.2) is 4.98 Å². The molecule has 1 saturated heterocycles. The van der Waals surface area contributed by atoms with Crippen molar-refractivity contribution in [2.75, 3.05) is 46.6 Å². The third-order valence-corrected chi connectivity index (χ3v) is 6.05. The Kier molecular flexibility index (Phi) is 5.19. The van der Waals surface area contributed by atoms with Gasteiger partial charge in [0.25, 0.3) is 0 Å². The van der Waals surface area contributed by atoms with Crippen LogP contribution in [0, 0.1) is 5.92 Å². The highest BCUT2D eigenvalue weighted by Crippen LogP contribution is 2.45. The van der Waals surface area contributed by atoms with E-state index in [4.69, 9.17) is 9.47 Å². The highest BCUT2D eigenvalue weighted by atomic mass is 16.5. The molecule has 4 rings (SSSR count). The Morgan fingerprint density at radius 3 is 2.74 bits per heavy atom. The lowest BCUT2D eigenvalue weighted by atomic mass is 9.78. The third-order valence-electron chi connectivity index (χ3n) is 6.05. The molecule has 0 atom stereocenters. The van der Waals surface area contributed by atoms with Crippen LogP contribution in [0.2, 0.25) is 0 Å². The molecule has 1 aromatic heterocycles. The van der Waals surface area contributed by atoms with Crippen LogP contribution in [0.1, 0.15) is 37.1 Å². The lowest BCUT2D eigenvalue weighted by Gasteiger charge is -2.50.